The zero-order valence-corrected chi connectivity index (χ0v) is 6.71. The van der Waals surface area contributed by atoms with Crippen molar-refractivity contribution < 1.29 is 18.3 Å². The van der Waals surface area contributed by atoms with Gasteiger partial charge in [0.05, 0.1) is 11.4 Å². The van der Waals surface area contributed by atoms with Crippen molar-refractivity contribution in [1.82, 2.24) is 9.97 Å². The minimum atomic E-state index is -4.69. The molecule has 0 aliphatic heterocycles. The standard InChI is InChI=1S/C7H7F3N2O/c1-4-5(12-3-2-11-4)6(13)7(8,9)10/h2-3,6,13H,1H3/t6-/m1/s1. The van der Waals surface area contributed by atoms with Crippen molar-refractivity contribution in [3.05, 3.63) is 23.8 Å². The first-order valence-electron chi connectivity index (χ1n) is 3.45. The van der Waals surface area contributed by atoms with Gasteiger partial charge < -0.3 is 5.11 Å². The van der Waals surface area contributed by atoms with Crippen molar-refractivity contribution in [2.24, 2.45) is 0 Å². The van der Waals surface area contributed by atoms with Crippen LogP contribution in [0.4, 0.5) is 13.2 Å². The van der Waals surface area contributed by atoms with Gasteiger partial charge in [-0.25, -0.2) is 0 Å². The van der Waals surface area contributed by atoms with Crippen molar-refractivity contribution in [2.75, 3.05) is 0 Å². The summed E-state index contributed by atoms with van der Waals surface area (Å²) in [6.45, 7) is 1.36. The van der Waals surface area contributed by atoms with Gasteiger partial charge in [0.15, 0.2) is 6.10 Å². The van der Waals surface area contributed by atoms with Gasteiger partial charge >= 0.3 is 6.18 Å². The number of hydrogen-bond donors (Lipinski definition) is 1. The van der Waals surface area contributed by atoms with E-state index in [1.54, 1.807) is 0 Å². The normalized spacial score (nSPS) is 14.2. The second-order valence-corrected chi connectivity index (χ2v) is 2.47. The van der Waals surface area contributed by atoms with E-state index in [9.17, 15) is 13.2 Å². The molecule has 1 rings (SSSR count). The Balaban J connectivity index is 3.02. The third-order valence-corrected chi connectivity index (χ3v) is 1.49. The lowest BCUT2D eigenvalue weighted by Gasteiger charge is -2.14. The van der Waals surface area contributed by atoms with Crippen molar-refractivity contribution in [3.8, 4) is 0 Å². The number of nitrogens with zero attached hydrogens (tertiary/aromatic N) is 2. The van der Waals surface area contributed by atoms with Crippen LogP contribution in [0, 0.1) is 6.92 Å². The van der Waals surface area contributed by atoms with Crippen LogP contribution >= 0.6 is 0 Å². The molecule has 0 amide bonds. The number of aromatic nitrogens is 2. The summed E-state index contributed by atoms with van der Waals surface area (Å²) >= 11 is 0. The molecule has 6 heteroatoms. The molecule has 1 heterocycles. The Kier molecular flexibility index (Phi) is 2.51. The molecule has 13 heavy (non-hydrogen) atoms. The van der Waals surface area contributed by atoms with Crippen molar-refractivity contribution in [2.45, 2.75) is 19.2 Å². The third-order valence-electron chi connectivity index (χ3n) is 1.49. The molecule has 0 aliphatic carbocycles. The SMILES string of the molecule is Cc1nccnc1[C@@H](O)C(F)(F)F. The zero-order valence-electron chi connectivity index (χ0n) is 6.71. The largest absolute Gasteiger partial charge is 0.420 e. The van der Waals surface area contributed by atoms with E-state index >= 15 is 0 Å². The fourth-order valence-corrected chi connectivity index (χ4v) is 0.842. The second kappa shape index (κ2) is 3.29. The van der Waals surface area contributed by atoms with Crippen LogP contribution in [0.15, 0.2) is 12.4 Å². The van der Waals surface area contributed by atoms with Gasteiger partial charge in [-0.05, 0) is 6.92 Å². The summed E-state index contributed by atoms with van der Waals surface area (Å²) in [5.41, 5.74) is -0.373. The highest BCUT2D eigenvalue weighted by Crippen LogP contribution is 2.31. The van der Waals surface area contributed by atoms with Crippen molar-refractivity contribution in [1.29, 1.82) is 0 Å². The second-order valence-electron chi connectivity index (χ2n) is 2.47. The number of alkyl halides is 3. The Labute approximate surface area is 72.3 Å². The molecule has 0 aromatic carbocycles. The minimum absolute atomic E-state index is 0.0762. The van der Waals surface area contributed by atoms with E-state index in [1.165, 1.54) is 13.1 Å². The first-order valence-corrected chi connectivity index (χ1v) is 3.45. The summed E-state index contributed by atoms with van der Waals surface area (Å²) in [4.78, 5) is 7.00. The lowest BCUT2D eigenvalue weighted by molar-refractivity contribution is -0.208. The molecule has 0 saturated carbocycles. The smallest absolute Gasteiger partial charge is 0.378 e. The molecule has 0 radical (unpaired) electrons. The topological polar surface area (TPSA) is 46.0 Å². The van der Waals surface area contributed by atoms with E-state index in [4.69, 9.17) is 5.11 Å². The highest BCUT2D eigenvalue weighted by atomic mass is 19.4. The number of halogens is 3. The molecule has 1 atom stereocenters. The number of aliphatic hydroxyl groups is 1. The molecule has 1 aromatic heterocycles. The number of aliphatic hydroxyl groups excluding tert-OH is 1. The summed E-state index contributed by atoms with van der Waals surface area (Å²) in [6.07, 6.45) is -4.87. The predicted octanol–water partition coefficient (Wildman–Crippen LogP) is 1.38. The molecule has 0 aliphatic rings. The first-order chi connectivity index (χ1) is 5.93. The number of rotatable bonds is 1. The van der Waals surface area contributed by atoms with Gasteiger partial charge in [0, 0.05) is 12.4 Å². The van der Waals surface area contributed by atoms with Crippen LogP contribution in [0.3, 0.4) is 0 Å². The van der Waals surface area contributed by atoms with Crippen LogP contribution in [-0.4, -0.2) is 21.3 Å². The van der Waals surface area contributed by atoms with Crippen molar-refractivity contribution in [3.63, 3.8) is 0 Å². The summed E-state index contributed by atoms with van der Waals surface area (Å²) in [6, 6.07) is 0. The van der Waals surface area contributed by atoms with Crippen LogP contribution in [0.25, 0.3) is 0 Å². The third kappa shape index (κ3) is 2.15. The van der Waals surface area contributed by atoms with E-state index < -0.39 is 18.0 Å². The van der Waals surface area contributed by atoms with Gasteiger partial charge in [-0.15, -0.1) is 0 Å². The zero-order chi connectivity index (χ0) is 10.1. The molecule has 72 valence electrons. The summed E-state index contributed by atoms with van der Waals surface area (Å²) < 4.78 is 36.0. The molecular weight excluding hydrogens is 185 g/mol. The van der Waals surface area contributed by atoms with Gasteiger partial charge in [-0.2, -0.15) is 13.2 Å². The van der Waals surface area contributed by atoms with Crippen LogP contribution in [0.1, 0.15) is 17.5 Å². The monoisotopic (exact) mass is 192 g/mol. The fraction of sp³-hybridized carbons (Fsp3) is 0.429. The molecule has 0 unspecified atom stereocenters. The Morgan fingerprint density at radius 1 is 1.31 bits per heavy atom. The molecule has 3 nitrogen and oxygen atoms in total. The fourth-order valence-electron chi connectivity index (χ4n) is 0.842. The lowest BCUT2D eigenvalue weighted by atomic mass is 10.2. The summed E-state index contributed by atoms with van der Waals surface area (Å²) in [5.74, 6) is 0. The van der Waals surface area contributed by atoms with E-state index in [1.807, 2.05) is 0 Å². The Morgan fingerprint density at radius 3 is 2.31 bits per heavy atom. The number of hydrogen-bond acceptors (Lipinski definition) is 3. The predicted molar refractivity (Wildman–Crippen MR) is 37.8 cm³/mol. The van der Waals surface area contributed by atoms with Crippen LogP contribution in [0.5, 0.6) is 0 Å². The molecule has 0 spiro atoms. The van der Waals surface area contributed by atoms with Gasteiger partial charge in [0.2, 0.25) is 0 Å². The van der Waals surface area contributed by atoms with Gasteiger partial charge in [0.25, 0.3) is 0 Å². The molecular formula is C7H7F3N2O. The maximum absolute atomic E-state index is 12.0. The van der Waals surface area contributed by atoms with Crippen LogP contribution in [0.2, 0.25) is 0 Å². The highest BCUT2D eigenvalue weighted by Gasteiger charge is 2.41. The molecule has 1 aromatic rings. The Hall–Kier alpha value is -1.17. The van der Waals surface area contributed by atoms with Gasteiger partial charge in [-0.3, -0.25) is 9.97 Å². The quantitative estimate of drug-likeness (QED) is 0.731. The number of aryl methyl sites for hydroxylation is 1. The van der Waals surface area contributed by atoms with Crippen molar-refractivity contribution >= 4 is 0 Å². The Bertz CT molecular complexity index is 300. The first kappa shape index (κ1) is 9.91. The molecule has 0 saturated heterocycles. The average Bonchev–Trinajstić information content (AvgIpc) is 2.02. The molecule has 1 N–H and O–H groups in total. The Morgan fingerprint density at radius 2 is 1.85 bits per heavy atom. The molecule has 0 fully saturated rings. The minimum Gasteiger partial charge on any atom is -0.378 e. The van der Waals surface area contributed by atoms with Gasteiger partial charge in [0.1, 0.15) is 0 Å². The van der Waals surface area contributed by atoms with Gasteiger partial charge in [-0.1, -0.05) is 0 Å². The van der Waals surface area contributed by atoms with E-state index in [2.05, 4.69) is 9.97 Å². The maximum atomic E-state index is 12.0. The van der Waals surface area contributed by atoms with Crippen LogP contribution in [-0.2, 0) is 0 Å². The van der Waals surface area contributed by atoms with E-state index in [0.717, 1.165) is 6.20 Å². The molecule has 0 bridgehead atoms. The average molecular weight is 192 g/mol. The van der Waals surface area contributed by atoms with E-state index in [0.29, 0.717) is 0 Å². The summed E-state index contributed by atoms with van der Waals surface area (Å²) in [5, 5.41) is 8.81. The van der Waals surface area contributed by atoms with Crippen LogP contribution < -0.4 is 0 Å². The summed E-state index contributed by atoms with van der Waals surface area (Å²) in [7, 11) is 0. The lowest BCUT2D eigenvalue weighted by Crippen LogP contribution is -2.22. The maximum Gasteiger partial charge on any atom is 0.420 e. The van der Waals surface area contributed by atoms with E-state index in [-0.39, 0.29) is 5.69 Å². The highest BCUT2D eigenvalue weighted by molar-refractivity contribution is 5.12.